The summed E-state index contributed by atoms with van der Waals surface area (Å²) in [6, 6.07) is 25.3. The fourth-order valence-corrected chi connectivity index (χ4v) is 3.60. The van der Waals surface area contributed by atoms with Crippen molar-refractivity contribution in [2.75, 3.05) is 6.54 Å². The van der Waals surface area contributed by atoms with Gasteiger partial charge in [0.05, 0.1) is 18.3 Å². The van der Waals surface area contributed by atoms with Crippen LogP contribution in [0.5, 0.6) is 5.75 Å². The van der Waals surface area contributed by atoms with Crippen LogP contribution in [0.25, 0.3) is 10.8 Å². The number of ether oxygens (including phenoxy) is 1. The fraction of sp³-hybridized carbons (Fsp3) is 0.103. The van der Waals surface area contributed by atoms with E-state index in [2.05, 4.69) is 15.8 Å². The number of hydrogen-bond donors (Lipinski definition) is 2. The Morgan fingerprint density at radius 2 is 1.61 bits per heavy atom. The molecule has 4 rings (SSSR count). The standard InChI is InChI=1S/C29H25N3O4/c1-19-10-12-22(13-11-19)29(35)36-26-15-14-21-7-3-4-9-24(21)25(26)17-31-32-27(33)18-30-28(34)23-8-5-6-20(2)16-23/h3-17H,18H2,1-2H3,(H,30,34)(H,32,33)/b31-17+. The highest BCUT2D eigenvalue weighted by Gasteiger charge is 2.14. The van der Waals surface area contributed by atoms with Crippen molar-refractivity contribution in [3.05, 3.63) is 113 Å². The van der Waals surface area contributed by atoms with Gasteiger partial charge in [0.1, 0.15) is 5.75 Å². The van der Waals surface area contributed by atoms with E-state index in [4.69, 9.17) is 4.74 Å². The summed E-state index contributed by atoms with van der Waals surface area (Å²) in [6.07, 6.45) is 1.43. The van der Waals surface area contributed by atoms with Crippen molar-refractivity contribution >= 4 is 34.8 Å². The molecule has 0 aliphatic heterocycles. The number of fused-ring (bicyclic) bond motifs is 1. The van der Waals surface area contributed by atoms with Gasteiger partial charge >= 0.3 is 5.97 Å². The summed E-state index contributed by atoms with van der Waals surface area (Å²) < 4.78 is 5.67. The third-order valence-corrected chi connectivity index (χ3v) is 5.49. The van der Waals surface area contributed by atoms with Crippen LogP contribution in [-0.4, -0.2) is 30.5 Å². The van der Waals surface area contributed by atoms with Gasteiger partial charge in [-0.15, -0.1) is 0 Å². The molecule has 7 heteroatoms. The molecule has 7 nitrogen and oxygen atoms in total. The molecule has 4 aromatic rings. The van der Waals surface area contributed by atoms with Gasteiger partial charge < -0.3 is 10.1 Å². The van der Waals surface area contributed by atoms with E-state index in [1.54, 1.807) is 36.4 Å². The molecule has 2 amide bonds. The lowest BCUT2D eigenvalue weighted by Gasteiger charge is -2.11. The summed E-state index contributed by atoms with van der Waals surface area (Å²) in [5.41, 5.74) is 5.83. The Hall–Kier alpha value is -4.78. The van der Waals surface area contributed by atoms with Crippen LogP contribution in [-0.2, 0) is 4.79 Å². The van der Waals surface area contributed by atoms with Crippen molar-refractivity contribution < 1.29 is 19.1 Å². The number of carbonyl (C=O) groups is 3. The first kappa shape index (κ1) is 24.3. The smallest absolute Gasteiger partial charge is 0.343 e. The molecule has 0 saturated carbocycles. The average Bonchev–Trinajstić information content (AvgIpc) is 2.88. The van der Waals surface area contributed by atoms with Gasteiger partial charge in [0.25, 0.3) is 11.8 Å². The number of nitrogens with zero attached hydrogens (tertiary/aromatic N) is 1. The number of hydrazone groups is 1. The first-order valence-corrected chi connectivity index (χ1v) is 11.4. The molecule has 0 fully saturated rings. The maximum absolute atomic E-state index is 12.7. The zero-order chi connectivity index (χ0) is 25.5. The third-order valence-electron chi connectivity index (χ3n) is 5.49. The van der Waals surface area contributed by atoms with Crippen molar-refractivity contribution in [2.45, 2.75) is 13.8 Å². The molecule has 0 aliphatic rings. The Bertz CT molecular complexity index is 1460. The number of hydrogen-bond acceptors (Lipinski definition) is 5. The third kappa shape index (κ3) is 6.01. The first-order chi connectivity index (χ1) is 17.4. The Morgan fingerprint density at radius 1 is 0.833 bits per heavy atom. The van der Waals surface area contributed by atoms with Crippen molar-refractivity contribution in [3.8, 4) is 5.75 Å². The monoisotopic (exact) mass is 479 g/mol. The van der Waals surface area contributed by atoms with E-state index in [-0.39, 0.29) is 12.5 Å². The van der Waals surface area contributed by atoms with E-state index in [1.807, 2.05) is 62.4 Å². The Kier molecular flexibility index (Phi) is 7.51. The highest BCUT2D eigenvalue weighted by molar-refractivity contribution is 6.04. The summed E-state index contributed by atoms with van der Waals surface area (Å²) in [4.78, 5) is 37.2. The summed E-state index contributed by atoms with van der Waals surface area (Å²) in [5, 5.41) is 8.34. The number of carbonyl (C=O) groups excluding carboxylic acids is 3. The van der Waals surface area contributed by atoms with Crippen LogP contribution in [0.2, 0.25) is 0 Å². The van der Waals surface area contributed by atoms with Crippen molar-refractivity contribution in [3.63, 3.8) is 0 Å². The zero-order valence-corrected chi connectivity index (χ0v) is 19.9. The van der Waals surface area contributed by atoms with E-state index >= 15 is 0 Å². The largest absolute Gasteiger partial charge is 0.422 e. The van der Waals surface area contributed by atoms with Crippen LogP contribution >= 0.6 is 0 Å². The molecular weight excluding hydrogens is 454 g/mol. The predicted octanol–water partition coefficient (Wildman–Crippen LogP) is 4.56. The summed E-state index contributed by atoms with van der Waals surface area (Å²) in [5.74, 6) is -1.03. The Morgan fingerprint density at radius 3 is 2.39 bits per heavy atom. The molecule has 0 radical (unpaired) electrons. The molecule has 0 atom stereocenters. The molecular formula is C29H25N3O4. The van der Waals surface area contributed by atoms with Crippen LogP contribution in [0, 0.1) is 13.8 Å². The zero-order valence-electron chi connectivity index (χ0n) is 19.9. The topological polar surface area (TPSA) is 96.9 Å². The maximum atomic E-state index is 12.7. The lowest BCUT2D eigenvalue weighted by Crippen LogP contribution is -2.34. The normalized spacial score (nSPS) is 10.8. The number of benzene rings is 4. The number of amides is 2. The Labute approximate surface area is 208 Å². The van der Waals surface area contributed by atoms with Gasteiger partial charge in [-0.3, -0.25) is 9.59 Å². The number of esters is 1. The van der Waals surface area contributed by atoms with Gasteiger partial charge in [0.2, 0.25) is 0 Å². The molecule has 0 saturated heterocycles. The van der Waals surface area contributed by atoms with Crippen LogP contribution in [0.1, 0.15) is 37.4 Å². The van der Waals surface area contributed by atoms with Gasteiger partial charge in [0.15, 0.2) is 0 Å². The first-order valence-electron chi connectivity index (χ1n) is 11.4. The SMILES string of the molecule is Cc1ccc(C(=O)Oc2ccc3ccccc3c2/C=N/NC(=O)CNC(=O)c2cccc(C)c2)cc1. The summed E-state index contributed by atoms with van der Waals surface area (Å²) in [7, 11) is 0. The highest BCUT2D eigenvalue weighted by atomic mass is 16.5. The van der Waals surface area contributed by atoms with Crippen molar-refractivity contribution in [1.29, 1.82) is 0 Å². The molecule has 36 heavy (non-hydrogen) atoms. The van der Waals surface area contributed by atoms with Gasteiger partial charge in [-0.25, -0.2) is 10.2 Å². The van der Waals surface area contributed by atoms with Gasteiger partial charge in [-0.1, -0.05) is 65.7 Å². The molecule has 0 unspecified atom stereocenters. The fourth-order valence-electron chi connectivity index (χ4n) is 3.60. The number of nitrogens with one attached hydrogen (secondary N) is 2. The van der Waals surface area contributed by atoms with Crippen LogP contribution < -0.4 is 15.5 Å². The average molecular weight is 480 g/mol. The molecule has 2 N–H and O–H groups in total. The molecule has 0 spiro atoms. The minimum Gasteiger partial charge on any atom is -0.422 e. The van der Waals surface area contributed by atoms with Crippen molar-refractivity contribution in [1.82, 2.24) is 10.7 Å². The lowest BCUT2D eigenvalue weighted by atomic mass is 10.0. The summed E-state index contributed by atoms with van der Waals surface area (Å²) in [6.45, 7) is 3.59. The van der Waals surface area contributed by atoms with E-state index in [1.165, 1.54) is 6.21 Å². The van der Waals surface area contributed by atoms with Crippen LogP contribution in [0.15, 0.2) is 90.0 Å². The van der Waals surface area contributed by atoms with Crippen LogP contribution in [0.4, 0.5) is 0 Å². The second-order valence-corrected chi connectivity index (χ2v) is 8.30. The number of aryl methyl sites for hydroxylation is 2. The quantitative estimate of drug-likeness (QED) is 0.176. The minimum atomic E-state index is -0.497. The highest BCUT2D eigenvalue weighted by Crippen LogP contribution is 2.27. The maximum Gasteiger partial charge on any atom is 0.343 e. The molecule has 180 valence electrons. The van der Waals surface area contributed by atoms with E-state index in [0.29, 0.717) is 22.4 Å². The molecule has 0 heterocycles. The second-order valence-electron chi connectivity index (χ2n) is 8.30. The second kappa shape index (κ2) is 11.1. The molecule has 0 aromatic heterocycles. The van der Waals surface area contributed by atoms with Gasteiger partial charge in [-0.2, -0.15) is 5.10 Å². The molecule has 0 aliphatic carbocycles. The predicted molar refractivity (Wildman–Crippen MR) is 139 cm³/mol. The molecule has 0 bridgehead atoms. The van der Waals surface area contributed by atoms with Crippen molar-refractivity contribution in [2.24, 2.45) is 5.10 Å². The Balaban J connectivity index is 1.47. The van der Waals surface area contributed by atoms with Gasteiger partial charge in [0, 0.05) is 11.1 Å². The summed E-state index contributed by atoms with van der Waals surface area (Å²) >= 11 is 0. The van der Waals surface area contributed by atoms with E-state index in [0.717, 1.165) is 21.9 Å². The lowest BCUT2D eigenvalue weighted by molar-refractivity contribution is -0.120. The van der Waals surface area contributed by atoms with Crippen LogP contribution in [0.3, 0.4) is 0 Å². The number of rotatable bonds is 7. The van der Waals surface area contributed by atoms with Gasteiger partial charge in [-0.05, 0) is 55.0 Å². The van der Waals surface area contributed by atoms with E-state index in [9.17, 15) is 14.4 Å². The molecule has 4 aromatic carbocycles. The minimum absolute atomic E-state index is 0.241. The van der Waals surface area contributed by atoms with E-state index < -0.39 is 11.9 Å².